The molecule has 1 aliphatic carbocycles. The van der Waals surface area contributed by atoms with E-state index in [9.17, 15) is 4.79 Å². The van der Waals surface area contributed by atoms with Gasteiger partial charge in [0, 0.05) is 26.1 Å². The number of nitrogens with zero attached hydrogens (tertiary/aromatic N) is 1. The molecule has 3 aromatic rings. The van der Waals surface area contributed by atoms with Crippen molar-refractivity contribution in [2.45, 2.75) is 64.3 Å². The van der Waals surface area contributed by atoms with E-state index in [0.717, 1.165) is 48.9 Å². The van der Waals surface area contributed by atoms with E-state index in [-0.39, 0.29) is 5.78 Å². The molecule has 0 heterocycles. The zero-order valence-electron chi connectivity index (χ0n) is 24.4. The number of ketones is 1. The average Bonchev–Trinajstić information content (AvgIpc) is 2.98. The zero-order valence-corrected chi connectivity index (χ0v) is 24.4. The lowest BCUT2D eigenvalue weighted by Gasteiger charge is -2.35. The normalized spacial score (nSPS) is 14.6. The number of ether oxygens (including phenoxy) is 3. The highest BCUT2D eigenvalue weighted by molar-refractivity contribution is 5.78. The van der Waals surface area contributed by atoms with Crippen molar-refractivity contribution in [3.8, 4) is 17.2 Å². The molecule has 0 radical (unpaired) electrons. The second-order valence-electron chi connectivity index (χ2n) is 11.1. The SMILES string of the molecule is COc1ccc(CN(CCCOc2cccc(CC(C)=O)c2)CC(c2ccccc2)C2CCCCC2)cc1OC. The first-order chi connectivity index (χ1) is 19.6. The van der Waals surface area contributed by atoms with Gasteiger partial charge in [-0.25, -0.2) is 0 Å². The van der Waals surface area contributed by atoms with E-state index < -0.39 is 0 Å². The number of Topliss-reactive ketones (excluding diaryl/α,β-unsaturated/α-hetero) is 1. The summed E-state index contributed by atoms with van der Waals surface area (Å²) in [5.41, 5.74) is 3.66. The molecule has 214 valence electrons. The van der Waals surface area contributed by atoms with E-state index in [4.69, 9.17) is 14.2 Å². The molecule has 1 fully saturated rings. The third-order valence-corrected chi connectivity index (χ3v) is 7.99. The molecule has 40 heavy (non-hydrogen) atoms. The molecule has 4 rings (SSSR count). The van der Waals surface area contributed by atoms with Crippen LogP contribution in [0, 0.1) is 5.92 Å². The maximum absolute atomic E-state index is 11.5. The Bertz CT molecular complexity index is 1190. The number of carbonyl (C=O) groups is 1. The van der Waals surface area contributed by atoms with Gasteiger partial charge in [-0.1, -0.05) is 67.8 Å². The minimum atomic E-state index is 0.161. The molecule has 0 spiro atoms. The summed E-state index contributed by atoms with van der Waals surface area (Å²) in [6.07, 6.45) is 8.00. The van der Waals surface area contributed by atoms with Crippen LogP contribution in [0.15, 0.2) is 72.8 Å². The van der Waals surface area contributed by atoms with Crippen molar-refractivity contribution in [2.75, 3.05) is 33.9 Å². The lowest BCUT2D eigenvalue weighted by Crippen LogP contribution is -2.33. The van der Waals surface area contributed by atoms with Crippen molar-refractivity contribution in [1.29, 1.82) is 0 Å². The van der Waals surface area contributed by atoms with Gasteiger partial charge in [-0.05, 0) is 79.0 Å². The van der Waals surface area contributed by atoms with Crippen LogP contribution in [0.4, 0.5) is 0 Å². The van der Waals surface area contributed by atoms with Crippen molar-refractivity contribution in [1.82, 2.24) is 4.90 Å². The van der Waals surface area contributed by atoms with Crippen LogP contribution >= 0.6 is 0 Å². The van der Waals surface area contributed by atoms with Gasteiger partial charge >= 0.3 is 0 Å². The Hall–Kier alpha value is -3.31. The predicted octanol–water partition coefficient (Wildman–Crippen LogP) is 7.47. The molecule has 0 saturated heterocycles. The van der Waals surface area contributed by atoms with E-state index in [1.165, 1.54) is 43.2 Å². The molecule has 0 aromatic heterocycles. The Labute approximate surface area is 240 Å². The standard InChI is InChI=1S/C35H45NO4/c1-27(37)22-28-12-10-17-32(23-28)40-21-11-20-36(25-29-18-19-34(38-2)35(24-29)39-3)26-33(30-13-6-4-7-14-30)31-15-8-5-9-16-31/h4,6-7,10,12-14,17-19,23-24,31,33H,5,8-9,11,15-16,20-22,25-26H2,1-3H3. The van der Waals surface area contributed by atoms with Gasteiger partial charge in [0.15, 0.2) is 11.5 Å². The van der Waals surface area contributed by atoms with Crippen LogP contribution in [-0.2, 0) is 17.8 Å². The van der Waals surface area contributed by atoms with Crippen molar-refractivity contribution in [3.63, 3.8) is 0 Å². The van der Waals surface area contributed by atoms with Crippen LogP contribution in [0.1, 0.15) is 68.1 Å². The van der Waals surface area contributed by atoms with Crippen LogP contribution in [0.5, 0.6) is 17.2 Å². The van der Waals surface area contributed by atoms with E-state index in [1.807, 2.05) is 30.3 Å². The Morgan fingerprint density at radius 1 is 0.875 bits per heavy atom. The summed E-state index contributed by atoms with van der Waals surface area (Å²) in [5.74, 6) is 3.72. The summed E-state index contributed by atoms with van der Waals surface area (Å²) < 4.78 is 17.2. The van der Waals surface area contributed by atoms with Gasteiger partial charge in [0.1, 0.15) is 11.5 Å². The topological polar surface area (TPSA) is 48.0 Å². The molecule has 3 aromatic carbocycles. The molecular formula is C35H45NO4. The summed E-state index contributed by atoms with van der Waals surface area (Å²) in [6.45, 7) is 5.03. The Morgan fingerprint density at radius 2 is 1.65 bits per heavy atom. The molecule has 0 N–H and O–H groups in total. The molecular weight excluding hydrogens is 498 g/mol. The van der Waals surface area contributed by atoms with E-state index in [1.54, 1.807) is 21.1 Å². The molecule has 1 saturated carbocycles. The van der Waals surface area contributed by atoms with E-state index >= 15 is 0 Å². The summed E-state index contributed by atoms with van der Waals surface area (Å²) in [7, 11) is 3.37. The number of rotatable bonds is 15. The third kappa shape index (κ3) is 8.85. The highest BCUT2D eigenvalue weighted by Crippen LogP contribution is 2.37. The minimum Gasteiger partial charge on any atom is -0.494 e. The Morgan fingerprint density at radius 3 is 2.38 bits per heavy atom. The molecule has 0 bridgehead atoms. The molecule has 1 aliphatic rings. The van der Waals surface area contributed by atoms with Crippen LogP contribution in [0.2, 0.25) is 0 Å². The van der Waals surface area contributed by atoms with Gasteiger partial charge in [-0.2, -0.15) is 0 Å². The van der Waals surface area contributed by atoms with Crippen LogP contribution in [0.25, 0.3) is 0 Å². The number of methoxy groups -OCH3 is 2. The fourth-order valence-electron chi connectivity index (χ4n) is 6.02. The fraction of sp³-hybridized carbons (Fsp3) is 0.457. The van der Waals surface area contributed by atoms with Gasteiger partial charge in [0.05, 0.1) is 20.8 Å². The zero-order chi connectivity index (χ0) is 28.2. The maximum atomic E-state index is 11.5. The average molecular weight is 544 g/mol. The first kappa shape index (κ1) is 29.7. The van der Waals surface area contributed by atoms with Crippen molar-refractivity contribution >= 4 is 5.78 Å². The monoisotopic (exact) mass is 543 g/mol. The molecule has 0 aliphatic heterocycles. The highest BCUT2D eigenvalue weighted by Gasteiger charge is 2.27. The van der Waals surface area contributed by atoms with Crippen LogP contribution < -0.4 is 14.2 Å². The first-order valence-electron chi connectivity index (χ1n) is 14.7. The number of carbonyl (C=O) groups excluding carboxylic acids is 1. The molecule has 5 heteroatoms. The quantitative estimate of drug-likeness (QED) is 0.186. The van der Waals surface area contributed by atoms with Crippen molar-refractivity contribution in [2.24, 2.45) is 5.92 Å². The smallest absolute Gasteiger partial charge is 0.161 e. The summed E-state index contributed by atoms with van der Waals surface area (Å²) in [6, 6.07) is 25.2. The van der Waals surface area contributed by atoms with Gasteiger partial charge in [-0.15, -0.1) is 0 Å². The second kappa shape index (κ2) is 15.5. The van der Waals surface area contributed by atoms with Crippen LogP contribution in [-0.4, -0.2) is 44.6 Å². The second-order valence-corrected chi connectivity index (χ2v) is 11.1. The minimum absolute atomic E-state index is 0.161. The number of hydrogen-bond donors (Lipinski definition) is 0. The Balaban J connectivity index is 1.48. The summed E-state index contributed by atoms with van der Waals surface area (Å²) >= 11 is 0. The van der Waals surface area contributed by atoms with Gasteiger partial charge in [-0.3, -0.25) is 9.69 Å². The Kier molecular flexibility index (Phi) is 11.5. The fourth-order valence-corrected chi connectivity index (χ4v) is 6.02. The summed E-state index contributed by atoms with van der Waals surface area (Å²) in [4.78, 5) is 14.1. The van der Waals surface area contributed by atoms with Crippen molar-refractivity contribution < 1.29 is 19.0 Å². The van der Waals surface area contributed by atoms with Gasteiger partial charge in [0.2, 0.25) is 0 Å². The largest absolute Gasteiger partial charge is 0.494 e. The lowest BCUT2D eigenvalue weighted by atomic mass is 9.76. The van der Waals surface area contributed by atoms with Gasteiger partial charge < -0.3 is 14.2 Å². The van der Waals surface area contributed by atoms with E-state index in [2.05, 4.69) is 47.4 Å². The molecule has 1 unspecified atom stereocenters. The third-order valence-electron chi connectivity index (χ3n) is 7.99. The first-order valence-corrected chi connectivity index (χ1v) is 14.7. The van der Waals surface area contributed by atoms with Gasteiger partial charge in [0.25, 0.3) is 0 Å². The molecule has 1 atom stereocenters. The van der Waals surface area contributed by atoms with Crippen LogP contribution in [0.3, 0.4) is 0 Å². The predicted molar refractivity (Wildman–Crippen MR) is 162 cm³/mol. The van der Waals surface area contributed by atoms with Crippen molar-refractivity contribution in [3.05, 3.63) is 89.5 Å². The number of hydrogen-bond acceptors (Lipinski definition) is 5. The highest BCUT2D eigenvalue weighted by atomic mass is 16.5. The molecule has 0 amide bonds. The molecule has 5 nitrogen and oxygen atoms in total. The maximum Gasteiger partial charge on any atom is 0.161 e. The number of benzene rings is 3. The summed E-state index contributed by atoms with van der Waals surface area (Å²) in [5, 5.41) is 0. The van der Waals surface area contributed by atoms with E-state index in [0.29, 0.717) is 24.9 Å². The lowest BCUT2D eigenvalue weighted by molar-refractivity contribution is -0.116.